The Kier molecular flexibility index (Phi) is 5.15. The Morgan fingerprint density at radius 2 is 1.73 bits per heavy atom. The van der Waals surface area contributed by atoms with Gasteiger partial charge in [0, 0.05) is 41.7 Å². The molecule has 0 radical (unpaired) electrons. The first-order chi connectivity index (χ1) is 15.9. The Hall–Kier alpha value is -4.03. The summed E-state index contributed by atoms with van der Waals surface area (Å²) in [5.74, 6) is -0.604. The average Bonchev–Trinajstić information content (AvgIpc) is 3.27. The topological polar surface area (TPSA) is 74.9 Å². The van der Waals surface area contributed by atoms with Crippen LogP contribution in [0.4, 0.5) is 0 Å². The molecule has 0 atom stereocenters. The molecule has 0 aliphatic carbocycles. The Morgan fingerprint density at radius 1 is 1.00 bits per heavy atom. The van der Waals surface area contributed by atoms with E-state index in [9.17, 15) is 15.0 Å². The van der Waals surface area contributed by atoms with Gasteiger partial charge in [-0.3, -0.25) is 4.79 Å². The highest BCUT2D eigenvalue weighted by Crippen LogP contribution is 2.42. The molecule has 6 nitrogen and oxygen atoms in total. The van der Waals surface area contributed by atoms with E-state index in [2.05, 4.69) is 27.7 Å². The van der Waals surface area contributed by atoms with Gasteiger partial charge in [0.05, 0.1) is 5.69 Å². The summed E-state index contributed by atoms with van der Waals surface area (Å²) in [6, 6.07) is 20.7. The smallest absolute Gasteiger partial charge is 0.235 e. The SMILES string of the molecule is CN(C)CCn1c(-c2ccccc2)c(C=C2Oc3cc(O)cc(O)c3C2=O)c2ccccc21. The van der Waals surface area contributed by atoms with Crippen LogP contribution in [-0.4, -0.2) is 46.1 Å². The van der Waals surface area contributed by atoms with E-state index in [1.807, 2.05) is 50.5 Å². The maximum atomic E-state index is 13.1. The molecule has 6 heteroatoms. The van der Waals surface area contributed by atoms with Crippen molar-refractivity contribution in [2.24, 2.45) is 0 Å². The number of benzene rings is 3. The van der Waals surface area contributed by atoms with Gasteiger partial charge in [-0.15, -0.1) is 0 Å². The number of ketones is 1. The molecule has 1 aliphatic heterocycles. The van der Waals surface area contributed by atoms with E-state index in [-0.39, 0.29) is 28.6 Å². The molecule has 0 saturated heterocycles. The molecule has 0 fully saturated rings. The highest BCUT2D eigenvalue weighted by Gasteiger charge is 2.32. The van der Waals surface area contributed by atoms with E-state index in [0.29, 0.717) is 0 Å². The van der Waals surface area contributed by atoms with E-state index in [0.717, 1.165) is 46.9 Å². The summed E-state index contributed by atoms with van der Waals surface area (Å²) in [6.07, 6.45) is 1.75. The summed E-state index contributed by atoms with van der Waals surface area (Å²) in [5.41, 5.74) is 4.02. The summed E-state index contributed by atoms with van der Waals surface area (Å²) in [5, 5.41) is 21.0. The molecule has 0 amide bonds. The first-order valence-corrected chi connectivity index (χ1v) is 10.8. The van der Waals surface area contributed by atoms with Gasteiger partial charge in [-0.05, 0) is 31.8 Å². The monoisotopic (exact) mass is 440 g/mol. The van der Waals surface area contributed by atoms with Crippen molar-refractivity contribution in [1.82, 2.24) is 9.47 Å². The number of hydrogen-bond donors (Lipinski definition) is 2. The van der Waals surface area contributed by atoms with E-state index >= 15 is 0 Å². The number of Topliss-reactive ketones (excluding diaryl/α,β-unsaturated/α-hetero) is 1. The fourth-order valence-electron chi connectivity index (χ4n) is 4.33. The minimum atomic E-state index is -0.411. The summed E-state index contributed by atoms with van der Waals surface area (Å²) in [6.45, 7) is 1.62. The van der Waals surface area contributed by atoms with Crippen LogP contribution in [0, 0.1) is 0 Å². The standard InChI is InChI=1S/C27H24N2O4/c1-28(2)12-13-29-21-11-7-6-10-19(21)20(26(29)17-8-4-3-5-9-17)16-24-27(32)25-22(31)14-18(30)15-23(25)33-24/h3-11,14-16,30-31H,12-13H2,1-2H3. The highest BCUT2D eigenvalue weighted by atomic mass is 16.5. The zero-order valence-corrected chi connectivity index (χ0v) is 18.4. The second-order valence-electron chi connectivity index (χ2n) is 8.38. The quantitative estimate of drug-likeness (QED) is 0.432. The van der Waals surface area contributed by atoms with E-state index in [1.165, 1.54) is 6.07 Å². The van der Waals surface area contributed by atoms with Crippen molar-refractivity contribution in [2.45, 2.75) is 6.54 Å². The molecule has 3 aromatic carbocycles. The lowest BCUT2D eigenvalue weighted by Crippen LogP contribution is -2.18. The van der Waals surface area contributed by atoms with Gasteiger partial charge < -0.3 is 24.4 Å². The molecule has 0 saturated carbocycles. The van der Waals surface area contributed by atoms with Crippen molar-refractivity contribution in [3.05, 3.63) is 83.6 Å². The number of phenols is 2. The average molecular weight is 440 g/mol. The van der Waals surface area contributed by atoms with Crippen LogP contribution in [0.1, 0.15) is 15.9 Å². The zero-order valence-electron chi connectivity index (χ0n) is 18.4. The molecule has 0 unspecified atom stereocenters. The van der Waals surface area contributed by atoms with E-state index < -0.39 is 5.78 Å². The third kappa shape index (κ3) is 3.64. The third-order valence-electron chi connectivity index (χ3n) is 5.84. The first-order valence-electron chi connectivity index (χ1n) is 10.8. The molecule has 166 valence electrons. The van der Waals surface area contributed by atoms with Crippen molar-refractivity contribution < 1.29 is 19.7 Å². The molecule has 2 heterocycles. The van der Waals surface area contributed by atoms with Gasteiger partial charge in [0.2, 0.25) is 5.78 Å². The minimum Gasteiger partial charge on any atom is -0.508 e. The first kappa shape index (κ1) is 20.8. The number of nitrogens with zero attached hydrogens (tertiary/aromatic N) is 2. The van der Waals surface area contributed by atoms with Gasteiger partial charge in [-0.2, -0.15) is 0 Å². The van der Waals surface area contributed by atoms with Crippen LogP contribution < -0.4 is 4.74 Å². The number of hydrogen-bond acceptors (Lipinski definition) is 5. The van der Waals surface area contributed by atoms with Crippen LogP contribution >= 0.6 is 0 Å². The minimum absolute atomic E-state index is 0.0663. The normalized spacial score (nSPS) is 14.3. The second-order valence-corrected chi connectivity index (χ2v) is 8.38. The third-order valence-corrected chi connectivity index (χ3v) is 5.84. The van der Waals surface area contributed by atoms with E-state index in [4.69, 9.17) is 4.74 Å². The van der Waals surface area contributed by atoms with Crippen LogP contribution in [0.3, 0.4) is 0 Å². The van der Waals surface area contributed by atoms with Crippen molar-refractivity contribution in [3.63, 3.8) is 0 Å². The maximum absolute atomic E-state index is 13.1. The molecular formula is C27H24N2O4. The molecule has 1 aliphatic rings. The van der Waals surface area contributed by atoms with Crippen molar-refractivity contribution in [3.8, 4) is 28.5 Å². The van der Waals surface area contributed by atoms with Crippen molar-refractivity contribution in [2.75, 3.05) is 20.6 Å². The summed E-state index contributed by atoms with van der Waals surface area (Å²) in [7, 11) is 4.09. The lowest BCUT2D eigenvalue weighted by molar-refractivity contribution is 0.101. The number of likely N-dealkylation sites (N-methyl/N-ethyl adjacent to an activating group) is 1. The van der Waals surface area contributed by atoms with E-state index in [1.54, 1.807) is 6.08 Å². The van der Waals surface area contributed by atoms with Crippen LogP contribution in [0.15, 0.2) is 72.5 Å². The van der Waals surface area contributed by atoms with Crippen LogP contribution in [0.2, 0.25) is 0 Å². The summed E-state index contributed by atoms with van der Waals surface area (Å²) < 4.78 is 8.08. The number of allylic oxidation sites excluding steroid dienone is 1. The fourth-order valence-corrected chi connectivity index (χ4v) is 4.33. The molecule has 33 heavy (non-hydrogen) atoms. The molecule has 2 N–H and O–H groups in total. The van der Waals surface area contributed by atoms with Gasteiger partial charge in [0.15, 0.2) is 5.76 Å². The van der Waals surface area contributed by atoms with Crippen molar-refractivity contribution >= 4 is 22.8 Å². The number of aromatic nitrogens is 1. The fraction of sp³-hybridized carbons (Fsp3) is 0.148. The molecule has 0 bridgehead atoms. The molecule has 1 aromatic heterocycles. The molecule has 0 spiro atoms. The Bertz CT molecular complexity index is 1400. The summed E-state index contributed by atoms with van der Waals surface area (Å²) in [4.78, 5) is 15.2. The number of aromatic hydroxyl groups is 2. The maximum Gasteiger partial charge on any atom is 0.235 e. The number of ether oxygens (including phenoxy) is 1. The number of carbonyl (C=O) groups is 1. The number of para-hydroxylation sites is 1. The van der Waals surface area contributed by atoms with Crippen LogP contribution in [0.5, 0.6) is 17.2 Å². The van der Waals surface area contributed by atoms with Gasteiger partial charge >= 0.3 is 0 Å². The number of fused-ring (bicyclic) bond motifs is 2. The van der Waals surface area contributed by atoms with Gasteiger partial charge in [-0.25, -0.2) is 0 Å². The zero-order chi connectivity index (χ0) is 23.1. The van der Waals surface area contributed by atoms with Crippen molar-refractivity contribution in [1.29, 1.82) is 0 Å². The predicted molar refractivity (Wildman–Crippen MR) is 129 cm³/mol. The second kappa shape index (κ2) is 8.15. The van der Waals surface area contributed by atoms with Gasteiger partial charge in [0.25, 0.3) is 0 Å². The lowest BCUT2D eigenvalue weighted by Gasteiger charge is -2.15. The largest absolute Gasteiger partial charge is 0.508 e. The lowest BCUT2D eigenvalue weighted by atomic mass is 10.0. The molecule has 5 rings (SSSR count). The Balaban J connectivity index is 1.73. The molecule has 4 aromatic rings. The Morgan fingerprint density at radius 3 is 2.48 bits per heavy atom. The Labute approximate surface area is 191 Å². The highest BCUT2D eigenvalue weighted by molar-refractivity contribution is 6.17. The molecular weight excluding hydrogens is 416 g/mol. The van der Waals surface area contributed by atoms with Gasteiger partial charge in [-0.1, -0.05) is 48.5 Å². The van der Waals surface area contributed by atoms with Crippen LogP contribution in [0.25, 0.3) is 28.2 Å². The summed E-state index contributed by atoms with van der Waals surface area (Å²) >= 11 is 0. The number of phenolic OH excluding ortho intramolecular Hbond substituents is 2. The number of rotatable bonds is 5. The van der Waals surface area contributed by atoms with Crippen LogP contribution in [-0.2, 0) is 6.54 Å². The number of carbonyl (C=O) groups excluding carboxylic acids is 1. The van der Waals surface area contributed by atoms with Gasteiger partial charge in [0.1, 0.15) is 22.8 Å². The predicted octanol–water partition coefficient (Wildman–Crippen LogP) is 4.90.